The first kappa shape index (κ1) is 16.5. The minimum Gasteiger partial charge on any atom is -0.494 e. The average Bonchev–Trinajstić information content (AvgIpc) is 2.46. The van der Waals surface area contributed by atoms with Gasteiger partial charge in [-0.25, -0.2) is 0 Å². The second-order valence-corrected chi connectivity index (χ2v) is 4.87. The van der Waals surface area contributed by atoms with E-state index in [1.54, 1.807) is 7.11 Å². The van der Waals surface area contributed by atoms with Crippen LogP contribution in [0.25, 0.3) is 0 Å². The molecular weight excluding hydrogens is 254 g/mol. The molecule has 1 aromatic carbocycles. The highest BCUT2D eigenvalue weighted by Crippen LogP contribution is 2.13. The first-order valence-electron chi connectivity index (χ1n) is 7.10. The van der Waals surface area contributed by atoms with Crippen LogP contribution in [0.3, 0.4) is 0 Å². The molecule has 0 saturated carbocycles. The van der Waals surface area contributed by atoms with Gasteiger partial charge in [0.05, 0.1) is 18.8 Å². The summed E-state index contributed by atoms with van der Waals surface area (Å²) in [5.74, 6) is 0.915. The van der Waals surface area contributed by atoms with Crippen LogP contribution in [-0.2, 0) is 16.0 Å². The lowest BCUT2D eigenvalue weighted by Crippen LogP contribution is -2.40. The van der Waals surface area contributed by atoms with Crippen molar-refractivity contribution < 1.29 is 14.3 Å². The Morgan fingerprint density at radius 2 is 1.90 bits per heavy atom. The Morgan fingerprint density at radius 1 is 1.25 bits per heavy atom. The highest BCUT2D eigenvalue weighted by molar-refractivity contribution is 5.76. The SMILES string of the molecule is CCOc1ccc(CCC(=O)N[C@@H](C)C(C)OC)cc1. The van der Waals surface area contributed by atoms with E-state index in [2.05, 4.69) is 5.32 Å². The van der Waals surface area contributed by atoms with Gasteiger partial charge in [-0.05, 0) is 44.9 Å². The normalized spacial score (nSPS) is 13.6. The van der Waals surface area contributed by atoms with Crippen LogP contribution in [0.4, 0.5) is 0 Å². The summed E-state index contributed by atoms with van der Waals surface area (Å²) < 4.78 is 10.6. The highest BCUT2D eigenvalue weighted by atomic mass is 16.5. The number of hydrogen-bond acceptors (Lipinski definition) is 3. The Hall–Kier alpha value is -1.55. The van der Waals surface area contributed by atoms with Crippen LogP contribution in [0.2, 0.25) is 0 Å². The van der Waals surface area contributed by atoms with Gasteiger partial charge in [0.2, 0.25) is 5.91 Å². The van der Waals surface area contributed by atoms with Crippen molar-refractivity contribution in [1.82, 2.24) is 5.32 Å². The quantitative estimate of drug-likeness (QED) is 0.795. The summed E-state index contributed by atoms with van der Waals surface area (Å²) in [4.78, 5) is 11.8. The van der Waals surface area contributed by atoms with E-state index in [0.717, 1.165) is 17.7 Å². The van der Waals surface area contributed by atoms with Crippen LogP contribution in [0.1, 0.15) is 32.8 Å². The molecule has 112 valence electrons. The molecule has 4 heteroatoms. The summed E-state index contributed by atoms with van der Waals surface area (Å²) >= 11 is 0. The number of methoxy groups -OCH3 is 1. The van der Waals surface area contributed by atoms with Gasteiger partial charge in [0.15, 0.2) is 0 Å². The number of rotatable bonds is 8. The number of hydrogen-bond donors (Lipinski definition) is 1. The molecule has 4 nitrogen and oxygen atoms in total. The van der Waals surface area contributed by atoms with Gasteiger partial charge in [-0.2, -0.15) is 0 Å². The van der Waals surface area contributed by atoms with Crippen LogP contribution >= 0.6 is 0 Å². The zero-order chi connectivity index (χ0) is 15.0. The highest BCUT2D eigenvalue weighted by Gasteiger charge is 2.13. The molecule has 0 aliphatic carbocycles. The first-order chi connectivity index (χ1) is 9.56. The van der Waals surface area contributed by atoms with Crippen LogP contribution < -0.4 is 10.1 Å². The van der Waals surface area contributed by atoms with E-state index in [1.807, 2.05) is 45.0 Å². The summed E-state index contributed by atoms with van der Waals surface area (Å²) in [6.07, 6.45) is 1.23. The second kappa shape index (κ2) is 8.59. The van der Waals surface area contributed by atoms with Gasteiger partial charge >= 0.3 is 0 Å². The summed E-state index contributed by atoms with van der Waals surface area (Å²) in [6, 6.07) is 7.89. The predicted molar refractivity (Wildman–Crippen MR) is 80.0 cm³/mol. The zero-order valence-electron chi connectivity index (χ0n) is 12.8. The topological polar surface area (TPSA) is 47.6 Å². The fourth-order valence-corrected chi connectivity index (χ4v) is 1.82. The number of benzene rings is 1. The number of nitrogens with one attached hydrogen (secondary N) is 1. The van der Waals surface area contributed by atoms with Crippen molar-refractivity contribution in [1.29, 1.82) is 0 Å². The van der Waals surface area contributed by atoms with Crippen molar-refractivity contribution in [3.63, 3.8) is 0 Å². The minimum absolute atomic E-state index is 0.0180. The van der Waals surface area contributed by atoms with Gasteiger partial charge in [-0.15, -0.1) is 0 Å². The van der Waals surface area contributed by atoms with Crippen molar-refractivity contribution in [3.05, 3.63) is 29.8 Å². The van der Waals surface area contributed by atoms with E-state index >= 15 is 0 Å². The van der Waals surface area contributed by atoms with Gasteiger partial charge in [-0.3, -0.25) is 4.79 Å². The van der Waals surface area contributed by atoms with Gasteiger partial charge < -0.3 is 14.8 Å². The third kappa shape index (κ3) is 5.61. The Kier molecular flexibility index (Phi) is 7.09. The molecular formula is C16H25NO3. The van der Waals surface area contributed by atoms with Crippen molar-refractivity contribution in [2.45, 2.75) is 45.8 Å². The molecule has 0 saturated heterocycles. The summed E-state index contributed by atoms with van der Waals surface area (Å²) in [5.41, 5.74) is 1.14. The molecule has 1 aromatic rings. The van der Waals surface area contributed by atoms with Crippen LogP contribution in [0.15, 0.2) is 24.3 Å². The standard InChI is InChI=1S/C16H25NO3/c1-5-20-15-9-6-14(7-10-15)8-11-16(18)17-12(2)13(3)19-4/h6-7,9-10,12-13H,5,8,11H2,1-4H3,(H,17,18)/t12-,13?/m0/s1. The number of carbonyl (C=O) groups is 1. The monoisotopic (exact) mass is 279 g/mol. The smallest absolute Gasteiger partial charge is 0.220 e. The van der Waals surface area contributed by atoms with Gasteiger partial charge in [0.1, 0.15) is 5.75 Å². The predicted octanol–water partition coefficient (Wildman–Crippen LogP) is 2.56. The Labute approximate surface area is 121 Å². The fraction of sp³-hybridized carbons (Fsp3) is 0.562. The molecule has 0 radical (unpaired) electrons. The van der Waals surface area contributed by atoms with Gasteiger partial charge in [0.25, 0.3) is 0 Å². The molecule has 0 fully saturated rings. The molecule has 0 aliphatic rings. The lowest BCUT2D eigenvalue weighted by Gasteiger charge is -2.19. The molecule has 0 aromatic heterocycles. The Bertz CT molecular complexity index is 403. The van der Waals surface area contributed by atoms with Crippen molar-refractivity contribution in [2.75, 3.05) is 13.7 Å². The lowest BCUT2D eigenvalue weighted by atomic mass is 10.1. The van der Waals surface area contributed by atoms with Crippen LogP contribution in [0.5, 0.6) is 5.75 Å². The second-order valence-electron chi connectivity index (χ2n) is 4.87. The molecule has 0 heterocycles. The minimum atomic E-state index is 0.0180. The third-order valence-electron chi connectivity index (χ3n) is 3.34. The third-order valence-corrected chi connectivity index (χ3v) is 3.34. The van der Waals surface area contributed by atoms with Crippen molar-refractivity contribution >= 4 is 5.91 Å². The van der Waals surface area contributed by atoms with Crippen LogP contribution in [0, 0.1) is 0 Å². The molecule has 0 aliphatic heterocycles. The van der Waals surface area contributed by atoms with E-state index < -0.39 is 0 Å². The average molecular weight is 279 g/mol. The van der Waals surface area contributed by atoms with Crippen molar-refractivity contribution in [2.24, 2.45) is 0 Å². The first-order valence-corrected chi connectivity index (χ1v) is 7.10. The van der Waals surface area contributed by atoms with Crippen LogP contribution in [-0.4, -0.2) is 31.8 Å². The summed E-state index contributed by atoms with van der Waals surface area (Å²) in [7, 11) is 1.65. The fourth-order valence-electron chi connectivity index (χ4n) is 1.82. The van der Waals surface area contributed by atoms with Gasteiger partial charge in [0, 0.05) is 13.5 Å². The Morgan fingerprint density at radius 3 is 2.45 bits per heavy atom. The maximum atomic E-state index is 11.8. The molecule has 1 N–H and O–H groups in total. The van der Waals surface area contributed by atoms with E-state index in [-0.39, 0.29) is 18.1 Å². The number of aryl methyl sites for hydroxylation is 1. The summed E-state index contributed by atoms with van der Waals surface area (Å²) in [6.45, 7) is 6.51. The molecule has 0 bridgehead atoms. The van der Waals surface area contributed by atoms with Crippen molar-refractivity contribution in [3.8, 4) is 5.75 Å². The maximum Gasteiger partial charge on any atom is 0.220 e. The van der Waals surface area contributed by atoms with E-state index in [1.165, 1.54) is 0 Å². The molecule has 20 heavy (non-hydrogen) atoms. The van der Waals surface area contributed by atoms with Gasteiger partial charge in [-0.1, -0.05) is 12.1 Å². The largest absolute Gasteiger partial charge is 0.494 e. The zero-order valence-corrected chi connectivity index (χ0v) is 12.8. The molecule has 1 unspecified atom stereocenters. The molecule has 1 rings (SSSR count). The van der Waals surface area contributed by atoms with E-state index in [9.17, 15) is 4.79 Å². The molecule has 1 amide bonds. The number of ether oxygens (including phenoxy) is 2. The van der Waals surface area contributed by atoms with E-state index in [4.69, 9.17) is 9.47 Å². The molecule has 2 atom stereocenters. The molecule has 0 spiro atoms. The van der Waals surface area contributed by atoms with E-state index in [0.29, 0.717) is 13.0 Å². The summed E-state index contributed by atoms with van der Waals surface area (Å²) in [5, 5.41) is 2.94. The Balaban J connectivity index is 2.37. The number of amides is 1. The maximum absolute atomic E-state index is 11.8. The number of carbonyl (C=O) groups excluding carboxylic acids is 1. The lowest BCUT2D eigenvalue weighted by molar-refractivity contribution is -0.122.